The van der Waals surface area contributed by atoms with Gasteiger partial charge in [0.05, 0.1) is 5.71 Å². The monoisotopic (exact) mass is 391 g/mol. The van der Waals surface area contributed by atoms with E-state index >= 15 is 0 Å². The number of hydrogen-bond donors (Lipinski definition) is 0. The van der Waals surface area contributed by atoms with Gasteiger partial charge < -0.3 is 9.57 Å². The van der Waals surface area contributed by atoms with Gasteiger partial charge in [0.25, 0.3) is 0 Å². The van der Waals surface area contributed by atoms with E-state index in [0.29, 0.717) is 6.61 Å². The maximum absolute atomic E-state index is 6.35. The van der Waals surface area contributed by atoms with Gasteiger partial charge in [-0.05, 0) is 84.9 Å². The molecule has 2 atom stereocenters. The Hall–Kier alpha value is -2.29. The Bertz CT molecular complexity index is 829. The Labute approximate surface area is 175 Å². The van der Waals surface area contributed by atoms with E-state index in [1.165, 1.54) is 28.7 Å². The van der Waals surface area contributed by atoms with Crippen LogP contribution in [0.2, 0.25) is 0 Å². The van der Waals surface area contributed by atoms with Crippen molar-refractivity contribution in [2.45, 2.75) is 71.3 Å². The van der Waals surface area contributed by atoms with Crippen LogP contribution in [-0.2, 0) is 4.84 Å². The Morgan fingerprint density at radius 1 is 1.17 bits per heavy atom. The number of oxime groups is 1. The third-order valence-corrected chi connectivity index (χ3v) is 6.46. The topological polar surface area (TPSA) is 30.8 Å². The normalized spacial score (nSPS) is 22.3. The molecule has 3 heteroatoms. The van der Waals surface area contributed by atoms with E-state index in [9.17, 15) is 0 Å². The van der Waals surface area contributed by atoms with Gasteiger partial charge in [0.2, 0.25) is 0 Å². The lowest BCUT2D eigenvalue weighted by molar-refractivity contribution is 0.151. The molecule has 2 aliphatic carbocycles. The Balaban J connectivity index is 1.42. The molecule has 0 spiro atoms. The van der Waals surface area contributed by atoms with E-state index in [2.05, 4.69) is 61.5 Å². The maximum Gasteiger partial charge on any atom is 0.121 e. The predicted octanol–water partition coefficient (Wildman–Crippen LogP) is 6.86. The first kappa shape index (κ1) is 20.0. The molecule has 1 aliphatic heterocycles. The van der Waals surface area contributed by atoms with E-state index in [1.54, 1.807) is 0 Å². The molecule has 154 valence electrons. The van der Waals surface area contributed by atoms with Crippen molar-refractivity contribution in [1.82, 2.24) is 0 Å². The molecule has 0 aromatic heterocycles. The highest BCUT2D eigenvalue weighted by molar-refractivity contribution is 6.00. The summed E-state index contributed by atoms with van der Waals surface area (Å²) in [4.78, 5) is 5.49. The molecule has 3 aliphatic rings. The fourth-order valence-electron chi connectivity index (χ4n) is 4.37. The van der Waals surface area contributed by atoms with Gasteiger partial charge in [-0.2, -0.15) is 0 Å². The Morgan fingerprint density at radius 2 is 2.03 bits per heavy atom. The van der Waals surface area contributed by atoms with Gasteiger partial charge in [-0.15, -0.1) is 0 Å². The van der Waals surface area contributed by atoms with Crippen LogP contribution >= 0.6 is 0 Å². The molecule has 0 amide bonds. The molecule has 1 aromatic carbocycles. The van der Waals surface area contributed by atoms with Crippen LogP contribution in [-0.4, -0.2) is 18.4 Å². The Morgan fingerprint density at radius 3 is 2.86 bits per heavy atom. The highest BCUT2D eigenvalue weighted by Crippen LogP contribution is 2.36. The summed E-state index contributed by atoms with van der Waals surface area (Å²) >= 11 is 0. The predicted molar refractivity (Wildman–Crippen MR) is 120 cm³/mol. The summed E-state index contributed by atoms with van der Waals surface area (Å²) in [6.45, 7) is 5.19. The molecule has 0 fully saturated rings. The first-order valence-corrected chi connectivity index (χ1v) is 11.3. The van der Waals surface area contributed by atoms with Crippen LogP contribution in [0.5, 0.6) is 5.75 Å². The van der Waals surface area contributed by atoms with E-state index in [1.807, 2.05) is 0 Å². The van der Waals surface area contributed by atoms with Crippen molar-refractivity contribution in [3.8, 4) is 5.75 Å². The zero-order valence-corrected chi connectivity index (χ0v) is 17.8. The van der Waals surface area contributed by atoms with E-state index < -0.39 is 0 Å². The summed E-state index contributed by atoms with van der Waals surface area (Å²) in [5.74, 6) is 1.69. The quantitative estimate of drug-likeness (QED) is 0.508. The largest absolute Gasteiger partial charge is 0.486 e. The molecule has 0 N–H and O–H groups in total. The van der Waals surface area contributed by atoms with Crippen molar-refractivity contribution in [3.05, 3.63) is 59.2 Å². The molecule has 0 unspecified atom stereocenters. The van der Waals surface area contributed by atoms with E-state index in [4.69, 9.17) is 9.57 Å². The van der Waals surface area contributed by atoms with Crippen molar-refractivity contribution in [3.63, 3.8) is 0 Å². The molecule has 0 saturated carbocycles. The summed E-state index contributed by atoms with van der Waals surface area (Å²) in [6.07, 6.45) is 15.9. The molecular formula is C26H33NO2. The highest BCUT2D eigenvalue weighted by Gasteiger charge is 2.26. The van der Waals surface area contributed by atoms with Crippen LogP contribution in [0.3, 0.4) is 0 Å². The summed E-state index contributed by atoms with van der Waals surface area (Å²) in [7, 11) is 0. The van der Waals surface area contributed by atoms with Crippen molar-refractivity contribution in [2.75, 3.05) is 6.61 Å². The SMILES string of the molecule is CC[C@@H](C)CCC1=NOCCC(c2ccc(O[C@@H]3CCC4=C3CCC=C4)cc2)=C1. The minimum Gasteiger partial charge on any atom is -0.486 e. The second-order valence-electron chi connectivity index (χ2n) is 8.55. The summed E-state index contributed by atoms with van der Waals surface area (Å²) in [5.41, 5.74) is 6.63. The van der Waals surface area contributed by atoms with Crippen LogP contribution in [0.4, 0.5) is 0 Å². The average molecular weight is 392 g/mol. The maximum atomic E-state index is 6.35. The third-order valence-electron chi connectivity index (χ3n) is 6.46. The van der Waals surface area contributed by atoms with Crippen molar-refractivity contribution >= 4 is 11.3 Å². The van der Waals surface area contributed by atoms with Crippen molar-refractivity contribution < 1.29 is 9.57 Å². The van der Waals surface area contributed by atoms with Crippen LogP contribution in [0.1, 0.15) is 70.8 Å². The lowest BCUT2D eigenvalue weighted by atomic mass is 9.97. The minimum absolute atomic E-state index is 0.255. The smallest absolute Gasteiger partial charge is 0.121 e. The van der Waals surface area contributed by atoms with E-state index in [-0.39, 0.29) is 6.10 Å². The first-order chi connectivity index (χ1) is 14.2. The van der Waals surface area contributed by atoms with Crippen molar-refractivity contribution in [2.24, 2.45) is 11.1 Å². The molecule has 29 heavy (non-hydrogen) atoms. The Kier molecular flexibility index (Phi) is 6.53. The molecule has 3 nitrogen and oxygen atoms in total. The van der Waals surface area contributed by atoms with Crippen LogP contribution in [0.15, 0.2) is 58.8 Å². The number of rotatable bonds is 7. The van der Waals surface area contributed by atoms with Crippen LogP contribution in [0, 0.1) is 5.92 Å². The lowest BCUT2D eigenvalue weighted by Gasteiger charge is -2.19. The fourth-order valence-corrected chi connectivity index (χ4v) is 4.37. The second kappa shape index (κ2) is 9.47. The summed E-state index contributed by atoms with van der Waals surface area (Å²) in [5, 5.41) is 4.33. The van der Waals surface area contributed by atoms with Crippen molar-refractivity contribution in [1.29, 1.82) is 0 Å². The number of allylic oxidation sites excluding steroid dienone is 4. The second-order valence-corrected chi connectivity index (χ2v) is 8.55. The molecule has 0 radical (unpaired) electrons. The van der Waals surface area contributed by atoms with Gasteiger partial charge in [-0.25, -0.2) is 0 Å². The van der Waals surface area contributed by atoms with Gasteiger partial charge in [0.15, 0.2) is 0 Å². The summed E-state index contributed by atoms with van der Waals surface area (Å²) < 4.78 is 6.35. The van der Waals surface area contributed by atoms with Gasteiger partial charge in [-0.3, -0.25) is 0 Å². The highest BCUT2D eigenvalue weighted by atomic mass is 16.6. The molecular weight excluding hydrogens is 358 g/mol. The van der Waals surface area contributed by atoms with Gasteiger partial charge in [0.1, 0.15) is 18.5 Å². The molecule has 0 saturated heterocycles. The van der Waals surface area contributed by atoms with Gasteiger partial charge in [-0.1, -0.05) is 49.7 Å². The number of benzene rings is 1. The number of nitrogens with zero attached hydrogens (tertiary/aromatic N) is 1. The van der Waals surface area contributed by atoms with Crippen LogP contribution in [0.25, 0.3) is 5.57 Å². The molecule has 0 bridgehead atoms. The zero-order chi connectivity index (χ0) is 20.1. The average Bonchev–Trinajstić information content (AvgIpc) is 3.01. The first-order valence-electron chi connectivity index (χ1n) is 11.3. The third kappa shape index (κ3) is 5.01. The summed E-state index contributed by atoms with van der Waals surface area (Å²) in [6, 6.07) is 8.61. The number of hydrogen-bond acceptors (Lipinski definition) is 3. The molecule has 1 aromatic rings. The van der Waals surface area contributed by atoms with Gasteiger partial charge in [0, 0.05) is 6.42 Å². The lowest BCUT2D eigenvalue weighted by Crippen LogP contribution is -2.16. The number of ether oxygens (including phenoxy) is 1. The zero-order valence-electron chi connectivity index (χ0n) is 17.8. The van der Waals surface area contributed by atoms with E-state index in [0.717, 1.165) is 62.3 Å². The standard InChI is InChI=1S/C26H33NO2/c1-3-19(2)8-12-23-18-22(16-17-28-27-23)20-9-13-24(14-10-20)29-26-15-11-21-6-4-5-7-25(21)26/h4,6,9-10,13-14,18-19,26H,3,5,7-8,11-12,15-17H2,1-2H3/t19-,26-/m1/s1. The molecule has 1 heterocycles. The van der Waals surface area contributed by atoms with Gasteiger partial charge >= 0.3 is 0 Å². The fraction of sp³-hybridized carbons (Fsp3) is 0.500. The van der Waals surface area contributed by atoms with Crippen LogP contribution < -0.4 is 4.74 Å². The molecule has 4 rings (SSSR count). The minimum atomic E-state index is 0.255.